The van der Waals surface area contributed by atoms with E-state index in [1.807, 2.05) is 0 Å². The first kappa shape index (κ1) is 45.8. The molecule has 15 rings (SSSR count). The Morgan fingerprint density at radius 2 is 1.01 bits per heavy atom. The number of aryl methyl sites for hydroxylation is 1. The summed E-state index contributed by atoms with van der Waals surface area (Å²) in [6, 6.07) is 77.4. The van der Waals surface area contributed by atoms with Crippen LogP contribution in [0.5, 0.6) is 0 Å². The molecular formula is C72H66BN3. The Morgan fingerprint density at radius 1 is 0.421 bits per heavy atom. The van der Waals surface area contributed by atoms with Crippen LogP contribution in [-0.2, 0) is 28.2 Å². The van der Waals surface area contributed by atoms with Crippen LogP contribution in [0, 0.1) is 0 Å². The largest absolute Gasteiger partial charge is 0.335 e. The number of benzene rings is 9. The van der Waals surface area contributed by atoms with Crippen molar-refractivity contribution in [2.24, 2.45) is 0 Å². The Kier molecular flexibility index (Phi) is 9.64. The van der Waals surface area contributed by atoms with E-state index in [2.05, 4.69) is 263 Å². The highest BCUT2D eigenvalue weighted by atomic mass is 15.3. The fourth-order valence-corrected chi connectivity index (χ4v) is 16.0. The molecule has 4 atom stereocenters. The van der Waals surface area contributed by atoms with Gasteiger partial charge in [0.05, 0.1) is 11.1 Å². The minimum Gasteiger partial charge on any atom is -0.335 e. The van der Waals surface area contributed by atoms with E-state index in [-0.39, 0.29) is 34.0 Å². The van der Waals surface area contributed by atoms with E-state index in [1.165, 1.54) is 130 Å². The molecule has 76 heavy (non-hydrogen) atoms. The molecule has 0 spiro atoms. The Labute approximate surface area is 451 Å². The molecule has 4 aliphatic heterocycles. The van der Waals surface area contributed by atoms with Crippen LogP contribution < -0.4 is 31.1 Å². The average Bonchev–Trinajstić information content (AvgIpc) is 3.91. The highest BCUT2D eigenvalue weighted by molar-refractivity contribution is 7.00. The van der Waals surface area contributed by atoms with Gasteiger partial charge in [0.15, 0.2) is 0 Å². The zero-order valence-corrected chi connectivity index (χ0v) is 45.2. The van der Waals surface area contributed by atoms with E-state index in [1.54, 1.807) is 0 Å². The zero-order chi connectivity index (χ0) is 51.5. The van der Waals surface area contributed by atoms with Gasteiger partial charge in [-0.3, -0.25) is 0 Å². The molecule has 372 valence electrons. The molecule has 6 aliphatic rings. The second-order valence-corrected chi connectivity index (χ2v) is 25.1. The number of hydrogen-bond donors (Lipinski definition) is 0. The van der Waals surface area contributed by atoms with Crippen molar-refractivity contribution in [3.05, 3.63) is 228 Å². The van der Waals surface area contributed by atoms with E-state index in [0.717, 1.165) is 25.7 Å². The molecule has 1 saturated carbocycles. The van der Waals surface area contributed by atoms with Crippen molar-refractivity contribution in [1.82, 2.24) is 0 Å². The van der Waals surface area contributed by atoms with E-state index in [9.17, 15) is 0 Å². The third-order valence-electron chi connectivity index (χ3n) is 20.4. The normalized spacial score (nSPS) is 23.2. The zero-order valence-electron chi connectivity index (χ0n) is 45.2. The third-order valence-corrected chi connectivity index (χ3v) is 20.4. The van der Waals surface area contributed by atoms with Gasteiger partial charge in [-0.2, -0.15) is 0 Å². The maximum Gasteiger partial charge on any atom is 0.252 e. The summed E-state index contributed by atoms with van der Waals surface area (Å²) in [5.41, 5.74) is 27.4. The minimum absolute atomic E-state index is 0.0143. The topological polar surface area (TPSA) is 9.72 Å². The lowest BCUT2D eigenvalue weighted by Gasteiger charge is -2.54. The molecule has 0 aromatic heterocycles. The first-order valence-electron chi connectivity index (χ1n) is 28.2. The van der Waals surface area contributed by atoms with Crippen LogP contribution >= 0.6 is 0 Å². The molecular weight excluding hydrogens is 918 g/mol. The first-order chi connectivity index (χ1) is 36.8. The lowest BCUT2D eigenvalue weighted by Crippen LogP contribution is -2.64. The number of nitrogens with zero attached hydrogens (tertiary/aromatic N) is 3. The van der Waals surface area contributed by atoms with Crippen molar-refractivity contribution < 1.29 is 0 Å². The second kappa shape index (κ2) is 16.0. The first-order valence-corrected chi connectivity index (χ1v) is 28.2. The average molecular weight is 984 g/mol. The van der Waals surface area contributed by atoms with Crippen molar-refractivity contribution in [1.29, 1.82) is 0 Å². The van der Waals surface area contributed by atoms with Crippen LogP contribution in [0.1, 0.15) is 108 Å². The molecule has 2 aliphatic carbocycles. The van der Waals surface area contributed by atoms with Crippen molar-refractivity contribution in [3.8, 4) is 33.4 Å². The van der Waals surface area contributed by atoms with Gasteiger partial charge in [-0.25, -0.2) is 0 Å². The van der Waals surface area contributed by atoms with Crippen molar-refractivity contribution in [3.63, 3.8) is 0 Å². The fourth-order valence-electron chi connectivity index (χ4n) is 16.0. The van der Waals surface area contributed by atoms with Crippen LogP contribution in [0.2, 0.25) is 0 Å². The number of anilines is 7. The van der Waals surface area contributed by atoms with Gasteiger partial charge in [-0.15, -0.1) is 0 Å². The van der Waals surface area contributed by atoms with Crippen LogP contribution in [0.15, 0.2) is 200 Å². The molecule has 0 amide bonds. The maximum absolute atomic E-state index is 2.93. The Bertz CT molecular complexity index is 3840. The van der Waals surface area contributed by atoms with Gasteiger partial charge >= 0.3 is 0 Å². The number of hydrogen-bond acceptors (Lipinski definition) is 3. The highest BCUT2D eigenvalue weighted by Crippen LogP contribution is 2.67. The maximum atomic E-state index is 2.93. The summed E-state index contributed by atoms with van der Waals surface area (Å²) in [7, 11) is 0. The lowest BCUT2D eigenvalue weighted by atomic mass is 9.33. The Hall–Kier alpha value is -7.56. The molecule has 9 aromatic carbocycles. The van der Waals surface area contributed by atoms with E-state index in [4.69, 9.17) is 0 Å². The molecule has 4 unspecified atom stereocenters. The van der Waals surface area contributed by atoms with Crippen LogP contribution in [0.3, 0.4) is 0 Å². The van der Waals surface area contributed by atoms with Crippen LogP contribution in [0.25, 0.3) is 33.4 Å². The van der Waals surface area contributed by atoms with Gasteiger partial charge in [0, 0.05) is 50.6 Å². The van der Waals surface area contributed by atoms with Crippen molar-refractivity contribution in [2.75, 3.05) is 14.7 Å². The summed E-state index contributed by atoms with van der Waals surface area (Å²) in [4.78, 5) is 8.42. The standard InChI is InChI=1S/C72H66BN3/c1-68(2,3)54-32-36-62-58(44-54)70(5)40-37-51-27-17-18-28-57(51)72(70,7)75(62)56-45-64-66-65(46-56)76-67-59(69(4)38-19-20-39-71(69,76)6)41-53(49-25-15-10-16-26-49)43-61(67)73(66)60-42-52(48-23-13-9-14-24-48)31-35-63(60)74(64)55-33-29-50(30-34-55)47-21-11-8-12-22-47/h8-18,21-36,41-46H,19-20,37-40H2,1-7H3. The van der Waals surface area contributed by atoms with E-state index >= 15 is 0 Å². The predicted octanol–water partition coefficient (Wildman–Crippen LogP) is 16.6. The molecule has 4 heteroatoms. The Morgan fingerprint density at radius 3 is 1.72 bits per heavy atom. The third kappa shape index (κ3) is 6.07. The van der Waals surface area contributed by atoms with Gasteiger partial charge in [-0.1, -0.05) is 205 Å². The summed E-state index contributed by atoms with van der Waals surface area (Å²) in [6.45, 7) is 17.5. The lowest BCUT2D eigenvalue weighted by molar-refractivity contribution is 0.195. The van der Waals surface area contributed by atoms with Gasteiger partial charge in [0.2, 0.25) is 0 Å². The fraction of sp³-hybridized carbons (Fsp3) is 0.250. The molecule has 9 aromatic rings. The summed E-state index contributed by atoms with van der Waals surface area (Å²) in [6.07, 6.45) is 6.89. The molecule has 0 N–H and O–H groups in total. The van der Waals surface area contributed by atoms with Gasteiger partial charge in [0.1, 0.15) is 0 Å². The van der Waals surface area contributed by atoms with Crippen molar-refractivity contribution >= 4 is 62.9 Å². The molecule has 4 heterocycles. The molecule has 0 radical (unpaired) electrons. The quantitative estimate of drug-likeness (QED) is 0.159. The number of fused-ring (bicyclic) bond motifs is 12. The van der Waals surface area contributed by atoms with Gasteiger partial charge < -0.3 is 14.7 Å². The van der Waals surface area contributed by atoms with Crippen LogP contribution in [-0.4, -0.2) is 12.3 Å². The smallest absolute Gasteiger partial charge is 0.252 e. The molecule has 0 bridgehead atoms. The molecule has 1 fully saturated rings. The highest BCUT2D eigenvalue weighted by Gasteiger charge is 2.63. The number of rotatable bonds is 5. The summed E-state index contributed by atoms with van der Waals surface area (Å²) >= 11 is 0. The summed E-state index contributed by atoms with van der Waals surface area (Å²) < 4.78 is 0. The second-order valence-electron chi connectivity index (χ2n) is 25.1. The van der Waals surface area contributed by atoms with Crippen LogP contribution in [0.4, 0.5) is 39.8 Å². The SMILES string of the molecule is CC(C)(C)c1ccc2c(c1)C1(C)CCc3ccccc3C1(C)N2c1cc2c3c(c1)N1c4c(cc(-c5ccccc5)cc4C4(C)CCCCC14C)B3c1cc(-c3ccccc3)ccc1N2c1ccc(-c2ccccc2)cc1. The molecule has 0 saturated heterocycles. The summed E-state index contributed by atoms with van der Waals surface area (Å²) in [5, 5.41) is 0. The predicted molar refractivity (Wildman–Crippen MR) is 322 cm³/mol. The minimum atomic E-state index is -0.378. The van der Waals surface area contributed by atoms with Crippen molar-refractivity contribution in [2.45, 2.75) is 114 Å². The van der Waals surface area contributed by atoms with E-state index in [0.29, 0.717) is 0 Å². The van der Waals surface area contributed by atoms with Gasteiger partial charge in [0.25, 0.3) is 6.71 Å². The monoisotopic (exact) mass is 984 g/mol. The van der Waals surface area contributed by atoms with E-state index < -0.39 is 0 Å². The molecule has 3 nitrogen and oxygen atoms in total. The Balaban J connectivity index is 1.07. The van der Waals surface area contributed by atoms with Gasteiger partial charge in [-0.05, 0) is 165 Å². The summed E-state index contributed by atoms with van der Waals surface area (Å²) in [5.74, 6) is 0.